The zero-order valence-corrected chi connectivity index (χ0v) is 13.8. The monoisotopic (exact) mass is 340 g/mol. The first-order valence-corrected chi connectivity index (χ1v) is 8.68. The van der Waals surface area contributed by atoms with E-state index in [0.29, 0.717) is 17.4 Å². The minimum absolute atomic E-state index is 0.0395. The molecule has 1 fully saturated rings. The van der Waals surface area contributed by atoms with Crippen molar-refractivity contribution in [2.45, 2.75) is 18.9 Å². The van der Waals surface area contributed by atoms with E-state index in [1.54, 1.807) is 11.1 Å². The number of amides is 1. The van der Waals surface area contributed by atoms with Gasteiger partial charge in [-0.25, -0.2) is 9.97 Å². The molecule has 7 heteroatoms. The van der Waals surface area contributed by atoms with Crippen molar-refractivity contribution in [3.05, 3.63) is 48.5 Å². The molecule has 1 amide bonds. The van der Waals surface area contributed by atoms with Gasteiger partial charge in [0.25, 0.3) is 5.91 Å². The number of fused-ring (bicyclic) bond motifs is 1. The third-order valence-corrected chi connectivity index (χ3v) is 5.01. The van der Waals surface area contributed by atoms with Crippen molar-refractivity contribution in [1.29, 1.82) is 0 Å². The van der Waals surface area contributed by atoms with Gasteiger partial charge in [-0.05, 0) is 25.0 Å². The van der Waals surface area contributed by atoms with E-state index in [-0.39, 0.29) is 12.0 Å². The van der Waals surface area contributed by atoms with Crippen molar-refractivity contribution in [3.63, 3.8) is 0 Å². The Balaban J connectivity index is 1.70. The number of aromatic nitrogens is 3. The van der Waals surface area contributed by atoms with E-state index >= 15 is 0 Å². The van der Waals surface area contributed by atoms with Gasteiger partial charge in [-0.2, -0.15) is 0 Å². The van der Waals surface area contributed by atoms with Gasteiger partial charge in [0.15, 0.2) is 5.13 Å². The molecule has 1 atom stereocenters. The fourth-order valence-electron chi connectivity index (χ4n) is 2.76. The molecule has 6 nitrogen and oxygen atoms in total. The van der Waals surface area contributed by atoms with Gasteiger partial charge >= 0.3 is 0 Å². The zero-order valence-electron chi connectivity index (χ0n) is 13.0. The Labute approximate surface area is 143 Å². The van der Waals surface area contributed by atoms with Crippen LogP contribution in [-0.4, -0.2) is 40.1 Å². The smallest absolute Gasteiger partial charge is 0.280 e. The number of rotatable bonds is 4. The molecule has 0 spiro atoms. The van der Waals surface area contributed by atoms with Crippen LogP contribution in [0.15, 0.2) is 42.9 Å². The van der Waals surface area contributed by atoms with Gasteiger partial charge in [0.1, 0.15) is 5.69 Å². The molecule has 1 aromatic carbocycles. The molecule has 0 aliphatic carbocycles. The molecular formula is C17H16N4O2S. The number of anilines is 1. The summed E-state index contributed by atoms with van der Waals surface area (Å²) in [6, 6.07) is 7.87. The molecule has 1 saturated heterocycles. The standard InChI is InChI=1S/C17H16N4O2S/c22-16(14-10-18-7-8-19-14)21(11-12-4-3-9-23-12)17-20-13-5-1-2-6-15(13)24-17/h1-2,5-8,10,12H,3-4,9,11H2/t12-/m1/s1. The molecule has 2 aromatic heterocycles. The van der Waals surface area contributed by atoms with Gasteiger partial charge < -0.3 is 4.74 Å². The Kier molecular flexibility index (Phi) is 4.18. The number of hydrogen-bond acceptors (Lipinski definition) is 6. The molecule has 0 radical (unpaired) electrons. The van der Waals surface area contributed by atoms with Crippen LogP contribution in [0.25, 0.3) is 10.2 Å². The lowest BCUT2D eigenvalue weighted by Crippen LogP contribution is -2.38. The average Bonchev–Trinajstić information content (AvgIpc) is 3.29. The summed E-state index contributed by atoms with van der Waals surface area (Å²) in [6.45, 7) is 1.23. The van der Waals surface area contributed by atoms with Crippen LogP contribution < -0.4 is 4.90 Å². The Morgan fingerprint density at radius 2 is 2.25 bits per heavy atom. The summed E-state index contributed by atoms with van der Waals surface area (Å²) in [6.07, 6.45) is 6.58. The third-order valence-electron chi connectivity index (χ3n) is 3.95. The lowest BCUT2D eigenvalue weighted by atomic mass is 10.2. The van der Waals surface area contributed by atoms with Crippen molar-refractivity contribution in [2.75, 3.05) is 18.1 Å². The summed E-state index contributed by atoms with van der Waals surface area (Å²) in [7, 11) is 0. The van der Waals surface area contributed by atoms with E-state index in [1.807, 2.05) is 24.3 Å². The van der Waals surface area contributed by atoms with Crippen molar-refractivity contribution in [2.24, 2.45) is 0 Å². The molecule has 3 heterocycles. The van der Waals surface area contributed by atoms with E-state index in [2.05, 4.69) is 15.0 Å². The summed E-state index contributed by atoms with van der Waals surface area (Å²) < 4.78 is 6.76. The minimum atomic E-state index is -0.197. The first kappa shape index (κ1) is 15.2. The molecule has 122 valence electrons. The maximum absolute atomic E-state index is 12.9. The van der Waals surface area contributed by atoms with Crippen LogP contribution >= 0.6 is 11.3 Å². The van der Waals surface area contributed by atoms with Gasteiger partial charge in [-0.1, -0.05) is 23.5 Å². The second-order valence-corrected chi connectivity index (χ2v) is 6.61. The third kappa shape index (κ3) is 3.00. The van der Waals surface area contributed by atoms with Crippen molar-refractivity contribution >= 4 is 32.6 Å². The van der Waals surface area contributed by atoms with Crippen molar-refractivity contribution < 1.29 is 9.53 Å². The van der Waals surface area contributed by atoms with E-state index in [9.17, 15) is 4.79 Å². The normalized spacial score (nSPS) is 17.2. The molecule has 1 aliphatic heterocycles. The molecule has 0 bridgehead atoms. The highest BCUT2D eigenvalue weighted by Crippen LogP contribution is 2.30. The van der Waals surface area contributed by atoms with Gasteiger partial charge in [-0.3, -0.25) is 14.7 Å². The fraction of sp³-hybridized carbons (Fsp3) is 0.294. The topological polar surface area (TPSA) is 68.2 Å². The van der Waals surface area contributed by atoms with E-state index in [4.69, 9.17) is 4.74 Å². The number of thiazole rings is 1. The Hall–Kier alpha value is -2.38. The highest BCUT2D eigenvalue weighted by molar-refractivity contribution is 7.22. The molecule has 1 aliphatic rings. The molecule has 0 saturated carbocycles. The van der Waals surface area contributed by atoms with Crippen LogP contribution in [0.5, 0.6) is 0 Å². The molecule has 0 unspecified atom stereocenters. The summed E-state index contributed by atoms with van der Waals surface area (Å²) in [5.74, 6) is -0.197. The van der Waals surface area contributed by atoms with Crippen LogP contribution in [0.2, 0.25) is 0 Å². The molecule has 3 aromatic rings. The van der Waals surface area contributed by atoms with Gasteiger partial charge in [0, 0.05) is 19.0 Å². The quantitative estimate of drug-likeness (QED) is 0.730. The number of para-hydroxylation sites is 1. The SMILES string of the molecule is O=C(c1cnccn1)N(C[C@H]1CCCO1)c1nc2ccccc2s1. The van der Waals surface area contributed by atoms with Crippen molar-refractivity contribution in [1.82, 2.24) is 15.0 Å². The van der Waals surface area contributed by atoms with Crippen molar-refractivity contribution in [3.8, 4) is 0 Å². The maximum Gasteiger partial charge on any atom is 0.280 e. The first-order valence-electron chi connectivity index (χ1n) is 7.86. The zero-order chi connectivity index (χ0) is 16.4. The van der Waals surface area contributed by atoms with E-state index in [1.165, 1.54) is 23.7 Å². The Morgan fingerprint density at radius 1 is 1.33 bits per heavy atom. The Morgan fingerprint density at radius 3 is 3.00 bits per heavy atom. The summed E-state index contributed by atoms with van der Waals surface area (Å²) >= 11 is 1.50. The lowest BCUT2D eigenvalue weighted by Gasteiger charge is -2.22. The second kappa shape index (κ2) is 6.62. The van der Waals surface area contributed by atoms with Gasteiger partial charge in [0.2, 0.25) is 0 Å². The summed E-state index contributed by atoms with van der Waals surface area (Å²) in [4.78, 5) is 27.4. The Bertz CT molecular complexity index is 813. The van der Waals surface area contributed by atoms with Crippen LogP contribution in [0.1, 0.15) is 23.3 Å². The number of benzene rings is 1. The van der Waals surface area contributed by atoms with Crippen LogP contribution in [0, 0.1) is 0 Å². The highest BCUT2D eigenvalue weighted by atomic mass is 32.1. The number of nitrogens with zero attached hydrogens (tertiary/aromatic N) is 4. The lowest BCUT2D eigenvalue weighted by molar-refractivity contribution is 0.0913. The predicted molar refractivity (Wildman–Crippen MR) is 92.3 cm³/mol. The van der Waals surface area contributed by atoms with Gasteiger partial charge in [0.05, 0.1) is 29.1 Å². The number of carbonyl (C=O) groups excluding carboxylic acids is 1. The predicted octanol–water partition coefficient (Wildman–Crippen LogP) is 2.91. The summed E-state index contributed by atoms with van der Waals surface area (Å²) in [5, 5.41) is 0.669. The second-order valence-electron chi connectivity index (χ2n) is 5.61. The molecule has 0 N–H and O–H groups in total. The number of hydrogen-bond donors (Lipinski definition) is 0. The number of ether oxygens (including phenoxy) is 1. The van der Waals surface area contributed by atoms with Crippen LogP contribution in [0.3, 0.4) is 0 Å². The average molecular weight is 340 g/mol. The highest BCUT2D eigenvalue weighted by Gasteiger charge is 2.27. The van der Waals surface area contributed by atoms with Crippen LogP contribution in [0.4, 0.5) is 5.13 Å². The van der Waals surface area contributed by atoms with E-state index in [0.717, 1.165) is 29.7 Å². The molecular weight excluding hydrogens is 324 g/mol. The molecule has 24 heavy (non-hydrogen) atoms. The largest absolute Gasteiger partial charge is 0.376 e. The molecule has 4 rings (SSSR count). The van der Waals surface area contributed by atoms with Gasteiger partial charge in [-0.15, -0.1) is 0 Å². The number of carbonyl (C=O) groups is 1. The fourth-order valence-corrected chi connectivity index (χ4v) is 3.74. The van der Waals surface area contributed by atoms with E-state index < -0.39 is 0 Å². The van der Waals surface area contributed by atoms with Crippen LogP contribution in [-0.2, 0) is 4.74 Å². The minimum Gasteiger partial charge on any atom is -0.376 e. The summed E-state index contributed by atoms with van der Waals surface area (Å²) in [5.41, 5.74) is 1.21. The maximum atomic E-state index is 12.9. The first-order chi connectivity index (χ1) is 11.8.